The molecule has 0 aromatic heterocycles. The van der Waals surface area contributed by atoms with Gasteiger partial charge in [-0.25, -0.2) is 4.79 Å². The van der Waals surface area contributed by atoms with E-state index in [9.17, 15) is 4.79 Å². The number of methoxy groups -OCH3 is 3. The van der Waals surface area contributed by atoms with E-state index in [0.717, 1.165) is 5.57 Å². The van der Waals surface area contributed by atoms with Gasteiger partial charge in [-0.2, -0.15) is 0 Å². The molecule has 0 fully saturated rings. The van der Waals surface area contributed by atoms with Crippen LogP contribution in [0.25, 0.3) is 0 Å². The second kappa shape index (κ2) is 6.62. The zero-order chi connectivity index (χ0) is 10.3. The van der Waals surface area contributed by atoms with Gasteiger partial charge in [-0.1, -0.05) is 5.57 Å². The van der Waals surface area contributed by atoms with E-state index in [0.29, 0.717) is 6.42 Å². The molecule has 0 atom stereocenters. The summed E-state index contributed by atoms with van der Waals surface area (Å²) in [5, 5.41) is 0. The summed E-state index contributed by atoms with van der Waals surface area (Å²) in [6.45, 7) is 1.82. The third-order valence-electron chi connectivity index (χ3n) is 1.58. The first-order chi connectivity index (χ1) is 6.13. The third kappa shape index (κ3) is 5.38. The van der Waals surface area contributed by atoms with Gasteiger partial charge in [0.2, 0.25) is 0 Å². The predicted octanol–water partition coefficient (Wildman–Crippen LogP) is 1.11. The van der Waals surface area contributed by atoms with Crippen molar-refractivity contribution in [1.29, 1.82) is 0 Å². The van der Waals surface area contributed by atoms with Gasteiger partial charge in [0.05, 0.1) is 7.11 Å². The molecule has 0 N–H and O–H groups in total. The molecule has 0 radical (unpaired) electrons. The van der Waals surface area contributed by atoms with E-state index in [1.54, 1.807) is 14.2 Å². The molecule has 0 rings (SSSR count). The summed E-state index contributed by atoms with van der Waals surface area (Å²) >= 11 is 0. The number of esters is 1. The molecular weight excluding hydrogens is 172 g/mol. The van der Waals surface area contributed by atoms with Crippen LogP contribution in [0.1, 0.15) is 13.3 Å². The van der Waals surface area contributed by atoms with E-state index in [-0.39, 0.29) is 12.3 Å². The lowest BCUT2D eigenvalue weighted by atomic mass is 10.2. The summed E-state index contributed by atoms with van der Waals surface area (Å²) in [6.07, 6.45) is 1.67. The molecule has 0 aliphatic heterocycles. The van der Waals surface area contributed by atoms with Crippen LogP contribution in [0, 0.1) is 0 Å². The third-order valence-corrected chi connectivity index (χ3v) is 1.58. The number of ether oxygens (including phenoxy) is 3. The van der Waals surface area contributed by atoms with E-state index in [1.807, 2.05) is 6.92 Å². The Balaban J connectivity index is 4.03. The largest absolute Gasteiger partial charge is 0.466 e. The molecule has 0 unspecified atom stereocenters. The van der Waals surface area contributed by atoms with Crippen LogP contribution >= 0.6 is 0 Å². The van der Waals surface area contributed by atoms with E-state index < -0.39 is 0 Å². The Kier molecular flexibility index (Phi) is 6.18. The molecule has 13 heavy (non-hydrogen) atoms. The minimum atomic E-state index is -0.358. The SMILES string of the molecule is COC(=O)/C=C(/C)CC(OC)OC. The van der Waals surface area contributed by atoms with Crippen LogP contribution in [0.2, 0.25) is 0 Å². The molecular formula is C9H16O4. The Morgan fingerprint density at radius 2 is 1.85 bits per heavy atom. The lowest BCUT2D eigenvalue weighted by Gasteiger charge is -2.12. The first kappa shape index (κ1) is 12.1. The number of rotatable bonds is 5. The van der Waals surface area contributed by atoms with Crippen molar-refractivity contribution in [3.63, 3.8) is 0 Å². The standard InChI is InChI=1S/C9H16O4/c1-7(5-8(10)11-2)6-9(12-3)13-4/h5,9H,6H2,1-4H3/b7-5-. The summed E-state index contributed by atoms with van der Waals surface area (Å²) in [5.41, 5.74) is 0.862. The van der Waals surface area contributed by atoms with Crippen molar-refractivity contribution in [3.8, 4) is 0 Å². The topological polar surface area (TPSA) is 44.8 Å². The fourth-order valence-corrected chi connectivity index (χ4v) is 0.845. The molecule has 0 spiro atoms. The summed E-state index contributed by atoms with van der Waals surface area (Å²) in [5.74, 6) is -0.358. The van der Waals surface area contributed by atoms with Crippen LogP contribution in [0.4, 0.5) is 0 Å². The number of hydrogen-bond acceptors (Lipinski definition) is 4. The van der Waals surface area contributed by atoms with Crippen LogP contribution in [0.3, 0.4) is 0 Å². The fraction of sp³-hybridized carbons (Fsp3) is 0.667. The molecule has 0 saturated heterocycles. The van der Waals surface area contributed by atoms with Gasteiger partial charge in [-0.15, -0.1) is 0 Å². The average Bonchev–Trinajstić information content (AvgIpc) is 2.13. The Morgan fingerprint density at radius 1 is 1.31 bits per heavy atom. The average molecular weight is 188 g/mol. The quantitative estimate of drug-likeness (QED) is 0.368. The summed E-state index contributed by atoms with van der Waals surface area (Å²) < 4.78 is 14.4. The van der Waals surface area contributed by atoms with Gasteiger partial charge in [-0.05, 0) is 6.92 Å². The highest BCUT2D eigenvalue weighted by molar-refractivity contribution is 5.82. The smallest absolute Gasteiger partial charge is 0.330 e. The van der Waals surface area contributed by atoms with E-state index in [2.05, 4.69) is 4.74 Å². The lowest BCUT2D eigenvalue weighted by molar-refractivity contribution is -0.135. The Bertz CT molecular complexity index is 182. The van der Waals surface area contributed by atoms with E-state index >= 15 is 0 Å². The highest BCUT2D eigenvalue weighted by Crippen LogP contribution is 2.07. The van der Waals surface area contributed by atoms with Crippen molar-refractivity contribution in [2.75, 3.05) is 21.3 Å². The van der Waals surface area contributed by atoms with E-state index in [4.69, 9.17) is 9.47 Å². The molecule has 0 aliphatic rings. The number of carbonyl (C=O) groups is 1. The molecule has 0 aromatic rings. The maximum absolute atomic E-state index is 10.8. The second-order valence-electron chi connectivity index (χ2n) is 2.62. The van der Waals surface area contributed by atoms with Gasteiger partial charge in [0.15, 0.2) is 6.29 Å². The van der Waals surface area contributed by atoms with Gasteiger partial charge in [0.1, 0.15) is 0 Å². The zero-order valence-corrected chi connectivity index (χ0v) is 8.49. The molecule has 4 heteroatoms. The summed E-state index contributed by atoms with van der Waals surface area (Å²) in [4.78, 5) is 10.8. The number of hydrogen-bond donors (Lipinski definition) is 0. The molecule has 76 valence electrons. The molecule has 0 saturated carbocycles. The minimum absolute atomic E-state index is 0.305. The maximum atomic E-state index is 10.8. The van der Waals surface area contributed by atoms with Crippen LogP contribution < -0.4 is 0 Å². The summed E-state index contributed by atoms with van der Waals surface area (Å²) in [6, 6.07) is 0. The predicted molar refractivity (Wildman–Crippen MR) is 48.2 cm³/mol. The molecule has 0 amide bonds. The lowest BCUT2D eigenvalue weighted by Crippen LogP contribution is -2.13. The normalized spacial score (nSPS) is 11.9. The molecule has 0 heterocycles. The Morgan fingerprint density at radius 3 is 2.23 bits per heavy atom. The monoisotopic (exact) mass is 188 g/mol. The highest BCUT2D eigenvalue weighted by atomic mass is 16.7. The molecule has 4 nitrogen and oxygen atoms in total. The minimum Gasteiger partial charge on any atom is -0.466 e. The Hall–Kier alpha value is -0.870. The van der Waals surface area contributed by atoms with Gasteiger partial charge in [0, 0.05) is 26.7 Å². The summed E-state index contributed by atoms with van der Waals surface area (Å²) in [7, 11) is 4.45. The fourth-order valence-electron chi connectivity index (χ4n) is 0.845. The van der Waals surface area contributed by atoms with E-state index in [1.165, 1.54) is 13.2 Å². The van der Waals surface area contributed by atoms with Gasteiger partial charge >= 0.3 is 5.97 Å². The molecule has 0 bridgehead atoms. The highest BCUT2D eigenvalue weighted by Gasteiger charge is 2.06. The molecule has 0 aliphatic carbocycles. The zero-order valence-electron chi connectivity index (χ0n) is 8.49. The van der Waals surface area contributed by atoms with Crippen LogP contribution in [0.5, 0.6) is 0 Å². The molecule has 0 aromatic carbocycles. The van der Waals surface area contributed by atoms with Crippen LogP contribution in [0.15, 0.2) is 11.6 Å². The van der Waals surface area contributed by atoms with Crippen LogP contribution in [-0.2, 0) is 19.0 Å². The number of carbonyl (C=O) groups excluding carboxylic acids is 1. The Labute approximate surface area is 78.5 Å². The van der Waals surface area contributed by atoms with Gasteiger partial charge in [-0.3, -0.25) is 0 Å². The first-order valence-electron chi connectivity index (χ1n) is 3.94. The van der Waals surface area contributed by atoms with Crippen LogP contribution in [-0.4, -0.2) is 33.6 Å². The van der Waals surface area contributed by atoms with Crippen molar-refractivity contribution in [1.82, 2.24) is 0 Å². The van der Waals surface area contributed by atoms with Gasteiger partial charge < -0.3 is 14.2 Å². The van der Waals surface area contributed by atoms with Crippen molar-refractivity contribution in [2.24, 2.45) is 0 Å². The maximum Gasteiger partial charge on any atom is 0.330 e. The van der Waals surface area contributed by atoms with Crippen molar-refractivity contribution in [2.45, 2.75) is 19.6 Å². The van der Waals surface area contributed by atoms with Crippen molar-refractivity contribution in [3.05, 3.63) is 11.6 Å². The first-order valence-corrected chi connectivity index (χ1v) is 3.94. The van der Waals surface area contributed by atoms with Gasteiger partial charge in [0.25, 0.3) is 0 Å². The van der Waals surface area contributed by atoms with Crippen molar-refractivity contribution >= 4 is 5.97 Å². The van der Waals surface area contributed by atoms with Crippen molar-refractivity contribution < 1.29 is 19.0 Å². The second-order valence-corrected chi connectivity index (χ2v) is 2.62.